The Morgan fingerprint density at radius 2 is 1.86 bits per heavy atom. The van der Waals surface area contributed by atoms with E-state index in [1.165, 1.54) is 0 Å². The van der Waals surface area contributed by atoms with Crippen molar-refractivity contribution in [2.24, 2.45) is 0 Å². The lowest BCUT2D eigenvalue weighted by Gasteiger charge is -2.08. The number of unbranched alkanes of at least 4 members (excludes halogenated alkanes) is 2. The maximum absolute atomic E-state index is 12.2. The summed E-state index contributed by atoms with van der Waals surface area (Å²) in [6, 6.07) is 14.9. The molecule has 5 N–H and O–H groups in total. The Hall–Kier alpha value is -2.80. The predicted molar refractivity (Wildman–Crippen MR) is 116 cm³/mol. The van der Waals surface area contributed by atoms with Crippen LogP contribution in [0.3, 0.4) is 0 Å². The number of hydrogen-bond acceptors (Lipinski definition) is 3. The Kier molecular flexibility index (Phi) is 6.71. The van der Waals surface area contributed by atoms with E-state index >= 15 is 0 Å². The van der Waals surface area contributed by atoms with Gasteiger partial charge in [0.15, 0.2) is 0 Å². The minimum atomic E-state index is -0.121. The second-order valence-electron chi connectivity index (χ2n) is 6.62. The molecule has 6 nitrogen and oxygen atoms in total. The molecule has 146 valence electrons. The van der Waals surface area contributed by atoms with E-state index in [4.69, 9.17) is 5.73 Å². The third-order valence-corrected chi connectivity index (χ3v) is 4.92. The highest BCUT2D eigenvalue weighted by Crippen LogP contribution is 2.20. The van der Waals surface area contributed by atoms with Crippen LogP contribution in [0.5, 0.6) is 0 Å². The Balaban J connectivity index is 1.34. The molecule has 0 saturated carbocycles. The fourth-order valence-corrected chi connectivity index (χ4v) is 3.31. The number of nitrogen functional groups attached to an aromatic ring is 1. The number of aromatic nitrogens is 1. The Labute approximate surface area is 172 Å². The standard InChI is InChI=1S/C21H23BrN4O2/c22-15-9-10-17-14(12-15)13-19(25-17)21(28)24-11-5-1-2-8-20(27)26-18-7-4-3-6-16(18)23/h3-4,6-7,9-10,12-13,25H,1-2,5,8,11,23H2,(H,24,28)(H,26,27). The molecule has 0 aliphatic rings. The molecule has 1 aromatic heterocycles. The van der Waals surface area contributed by atoms with E-state index in [1.807, 2.05) is 36.4 Å². The number of aromatic amines is 1. The first-order valence-corrected chi connectivity index (χ1v) is 10.0. The van der Waals surface area contributed by atoms with Gasteiger partial charge in [0.1, 0.15) is 5.69 Å². The molecule has 0 bridgehead atoms. The zero-order chi connectivity index (χ0) is 19.9. The predicted octanol–water partition coefficient (Wildman–Crippen LogP) is 4.44. The number of carbonyl (C=O) groups is 2. The molecule has 2 aromatic carbocycles. The number of fused-ring (bicyclic) bond motifs is 1. The number of benzene rings is 2. The summed E-state index contributed by atoms with van der Waals surface area (Å²) in [6.45, 7) is 0.575. The van der Waals surface area contributed by atoms with E-state index in [9.17, 15) is 9.59 Å². The Bertz CT molecular complexity index is 983. The lowest BCUT2D eigenvalue weighted by atomic mass is 10.1. The largest absolute Gasteiger partial charge is 0.397 e. The molecule has 0 aliphatic carbocycles. The number of nitrogens with one attached hydrogen (secondary N) is 3. The van der Waals surface area contributed by atoms with E-state index in [-0.39, 0.29) is 11.8 Å². The maximum Gasteiger partial charge on any atom is 0.267 e. The first-order chi connectivity index (χ1) is 13.5. The van der Waals surface area contributed by atoms with Gasteiger partial charge in [0.2, 0.25) is 5.91 Å². The molecule has 0 radical (unpaired) electrons. The number of hydrogen-bond donors (Lipinski definition) is 4. The number of halogens is 1. The molecule has 7 heteroatoms. The number of rotatable bonds is 8. The molecule has 3 rings (SSSR count). The van der Waals surface area contributed by atoms with Crippen LogP contribution in [0.4, 0.5) is 11.4 Å². The summed E-state index contributed by atoms with van der Waals surface area (Å²) in [7, 11) is 0. The topological polar surface area (TPSA) is 100 Å². The lowest BCUT2D eigenvalue weighted by molar-refractivity contribution is -0.116. The van der Waals surface area contributed by atoms with Crippen LogP contribution in [0.2, 0.25) is 0 Å². The van der Waals surface area contributed by atoms with Crippen molar-refractivity contribution in [2.45, 2.75) is 25.7 Å². The fraction of sp³-hybridized carbons (Fsp3) is 0.238. The van der Waals surface area contributed by atoms with Crippen LogP contribution < -0.4 is 16.4 Å². The minimum absolute atomic E-state index is 0.0498. The van der Waals surface area contributed by atoms with E-state index in [1.54, 1.807) is 12.1 Å². The van der Waals surface area contributed by atoms with Crippen LogP contribution in [-0.4, -0.2) is 23.3 Å². The second-order valence-corrected chi connectivity index (χ2v) is 7.53. The van der Waals surface area contributed by atoms with Crippen LogP contribution in [0.15, 0.2) is 53.0 Å². The number of H-pyrrole nitrogens is 1. The Morgan fingerprint density at radius 3 is 2.68 bits per heavy atom. The number of amides is 2. The Morgan fingerprint density at radius 1 is 1.04 bits per heavy atom. The summed E-state index contributed by atoms with van der Waals surface area (Å²) in [5.41, 5.74) is 8.49. The highest BCUT2D eigenvalue weighted by atomic mass is 79.9. The van der Waals surface area contributed by atoms with Gasteiger partial charge in [0, 0.05) is 28.3 Å². The van der Waals surface area contributed by atoms with Crippen molar-refractivity contribution in [1.82, 2.24) is 10.3 Å². The fourth-order valence-electron chi connectivity index (χ4n) is 2.93. The highest BCUT2D eigenvalue weighted by molar-refractivity contribution is 9.10. The molecule has 1 heterocycles. The van der Waals surface area contributed by atoms with Crippen LogP contribution in [0.1, 0.15) is 36.2 Å². The molecule has 0 atom stereocenters. The van der Waals surface area contributed by atoms with Gasteiger partial charge in [-0.25, -0.2) is 0 Å². The zero-order valence-corrected chi connectivity index (χ0v) is 17.0. The van der Waals surface area contributed by atoms with Crippen LogP contribution in [0, 0.1) is 0 Å². The smallest absolute Gasteiger partial charge is 0.267 e. The third-order valence-electron chi connectivity index (χ3n) is 4.43. The van der Waals surface area contributed by atoms with Crippen LogP contribution >= 0.6 is 15.9 Å². The van der Waals surface area contributed by atoms with Gasteiger partial charge in [0.05, 0.1) is 11.4 Å². The summed E-state index contributed by atoms with van der Waals surface area (Å²) >= 11 is 3.43. The summed E-state index contributed by atoms with van der Waals surface area (Å²) in [6.07, 6.45) is 2.87. The van der Waals surface area contributed by atoms with Crippen molar-refractivity contribution in [3.8, 4) is 0 Å². The average molecular weight is 443 g/mol. The number of carbonyl (C=O) groups excluding carboxylic acids is 2. The molecule has 0 unspecified atom stereocenters. The van der Waals surface area contributed by atoms with Gasteiger partial charge in [-0.05, 0) is 49.2 Å². The number of nitrogens with two attached hydrogens (primary N) is 1. The molecule has 0 saturated heterocycles. The normalized spacial score (nSPS) is 10.8. The van der Waals surface area contributed by atoms with Gasteiger partial charge in [-0.3, -0.25) is 9.59 Å². The lowest BCUT2D eigenvalue weighted by Crippen LogP contribution is -2.24. The first-order valence-electron chi connectivity index (χ1n) is 9.24. The van der Waals surface area contributed by atoms with Gasteiger partial charge >= 0.3 is 0 Å². The van der Waals surface area contributed by atoms with E-state index in [0.717, 1.165) is 34.6 Å². The van der Waals surface area contributed by atoms with Crippen molar-refractivity contribution < 1.29 is 9.59 Å². The number of para-hydroxylation sites is 2. The molecule has 28 heavy (non-hydrogen) atoms. The third kappa shape index (κ3) is 5.36. The maximum atomic E-state index is 12.2. The van der Waals surface area contributed by atoms with Gasteiger partial charge < -0.3 is 21.4 Å². The summed E-state index contributed by atoms with van der Waals surface area (Å²) < 4.78 is 0.977. The molecular weight excluding hydrogens is 420 g/mol. The van der Waals surface area contributed by atoms with Crippen molar-refractivity contribution in [1.29, 1.82) is 0 Å². The van der Waals surface area contributed by atoms with Crippen molar-refractivity contribution >= 4 is 50.0 Å². The first kappa shape index (κ1) is 19.9. The molecular formula is C21H23BrN4O2. The minimum Gasteiger partial charge on any atom is -0.397 e. The number of anilines is 2. The molecule has 2 amide bonds. The monoisotopic (exact) mass is 442 g/mol. The van der Waals surface area contributed by atoms with Crippen molar-refractivity contribution in [2.75, 3.05) is 17.6 Å². The van der Waals surface area contributed by atoms with Gasteiger partial charge in [0.25, 0.3) is 5.91 Å². The zero-order valence-electron chi connectivity index (χ0n) is 15.4. The van der Waals surface area contributed by atoms with Crippen LogP contribution in [-0.2, 0) is 4.79 Å². The summed E-state index contributed by atoms with van der Waals surface area (Å²) in [5.74, 6) is -0.171. The van der Waals surface area contributed by atoms with Gasteiger partial charge in [-0.1, -0.05) is 34.5 Å². The van der Waals surface area contributed by atoms with Crippen molar-refractivity contribution in [3.05, 3.63) is 58.7 Å². The van der Waals surface area contributed by atoms with E-state index < -0.39 is 0 Å². The molecule has 0 spiro atoms. The molecule has 0 fully saturated rings. The second kappa shape index (κ2) is 9.41. The van der Waals surface area contributed by atoms with E-state index in [0.29, 0.717) is 30.0 Å². The average Bonchev–Trinajstić information content (AvgIpc) is 3.09. The molecule has 0 aliphatic heterocycles. The molecule has 3 aromatic rings. The highest BCUT2D eigenvalue weighted by Gasteiger charge is 2.09. The summed E-state index contributed by atoms with van der Waals surface area (Å²) in [4.78, 5) is 27.3. The van der Waals surface area contributed by atoms with E-state index in [2.05, 4.69) is 31.5 Å². The van der Waals surface area contributed by atoms with Gasteiger partial charge in [-0.15, -0.1) is 0 Å². The quantitative estimate of drug-likeness (QED) is 0.306. The van der Waals surface area contributed by atoms with Crippen LogP contribution in [0.25, 0.3) is 10.9 Å². The SMILES string of the molecule is Nc1ccccc1NC(=O)CCCCCNC(=O)c1cc2cc(Br)ccc2[nH]1. The van der Waals surface area contributed by atoms with Crippen molar-refractivity contribution in [3.63, 3.8) is 0 Å². The van der Waals surface area contributed by atoms with Gasteiger partial charge in [-0.2, -0.15) is 0 Å². The summed E-state index contributed by atoms with van der Waals surface area (Å²) in [5, 5.41) is 6.72.